The Hall–Kier alpha value is -2.04. The van der Waals surface area contributed by atoms with E-state index < -0.39 is 6.04 Å². The molecule has 1 aromatic carbocycles. The minimum Gasteiger partial charge on any atom is -0.497 e. The number of nitrogens with one attached hydrogen (secondary N) is 1. The molecular formula is C13H16N2O3. The molecule has 1 fully saturated rings. The van der Waals surface area contributed by atoms with Gasteiger partial charge in [-0.05, 0) is 31.2 Å². The standard InChI is InChI=1S/C13H16N2O3/c1-3-15-12(16)8-11(13(15)17)14-9-4-6-10(18-2)7-5-9/h4-7,11,14H,3,8H2,1-2H3/t11-/m1/s1. The fraction of sp³-hybridized carbons (Fsp3) is 0.385. The Balaban J connectivity index is 2.05. The van der Waals surface area contributed by atoms with E-state index in [4.69, 9.17) is 4.74 Å². The number of benzene rings is 1. The van der Waals surface area contributed by atoms with Gasteiger partial charge in [0.2, 0.25) is 5.91 Å². The number of hydrogen-bond donors (Lipinski definition) is 1. The largest absolute Gasteiger partial charge is 0.497 e. The molecule has 5 heteroatoms. The maximum atomic E-state index is 11.9. The number of likely N-dealkylation sites (N-methyl/N-ethyl adjacent to an activating group) is 1. The van der Waals surface area contributed by atoms with E-state index in [-0.39, 0.29) is 18.2 Å². The third-order valence-corrected chi connectivity index (χ3v) is 2.99. The highest BCUT2D eigenvalue weighted by Gasteiger charge is 2.37. The van der Waals surface area contributed by atoms with Crippen LogP contribution in [-0.2, 0) is 9.59 Å². The van der Waals surface area contributed by atoms with E-state index >= 15 is 0 Å². The van der Waals surface area contributed by atoms with Gasteiger partial charge in [0.05, 0.1) is 13.5 Å². The fourth-order valence-corrected chi connectivity index (χ4v) is 2.02. The monoisotopic (exact) mass is 248 g/mol. The van der Waals surface area contributed by atoms with Crippen LogP contribution in [0.15, 0.2) is 24.3 Å². The van der Waals surface area contributed by atoms with Crippen molar-refractivity contribution < 1.29 is 14.3 Å². The highest BCUT2D eigenvalue weighted by atomic mass is 16.5. The van der Waals surface area contributed by atoms with Crippen molar-refractivity contribution in [3.63, 3.8) is 0 Å². The molecular weight excluding hydrogens is 232 g/mol. The van der Waals surface area contributed by atoms with Crippen LogP contribution in [0.3, 0.4) is 0 Å². The first kappa shape index (κ1) is 12.4. The van der Waals surface area contributed by atoms with E-state index in [1.54, 1.807) is 26.2 Å². The molecule has 1 saturated heterocycles. The van der Waals surface area contributed by atoms with Crippen LogP contribution >= 0.6 is 0 Å². The molecule has 1 N–H and O–H groups in total. The molecule has 0 aliphatic carbocycles. The zero-order valence-corrected chi connectivity index (χ0v) is 10.5. The topological polar surface area (TPSA) is 58.6 Å². The summed E-state index contributed by atoms with van der Waals surface area (Å²) in [6.07, 6.45) is 0.221. The second kappa shape index (κ2) is 5.08. The molecule has 2 rings (SSSR count). The lowest BCUT2D eigenvalue weighted by atomic mass is 10.2. The van der Waals surface area contributed by atoms with Crippen LogP contribution in [0, 0.1) is 0 Å². The number of carbonyl (C=O) groups excluding carboxylic acids is 2. The summed E-state index contributed by atoms with van der Waals surface area (Å²) in [4.78, 5) is 24.7. The van der Waals surface area contributed by atoms with Crippen molar-refractivity contribution in [1.29, 1.82) is 0 Å². The predicted octanol–water partition coefficient (Wildman–Crippen LogP) is 1.25. The molecule has 96 valence electrons. The highest BCUT2D eigenvalue weighted by molar-refractivity contribution is 6.06. The normalized spacial score (nSPS) is 19.2. The van der Waals surface area contributed by atoms with Gasteiger partial charge in [-0.15, -0.1) is 0 Å². The van der Waals surface area contributed by atoms with Gasteiger partial charge in [-0.3, -0.25) is 14.5 Å². The maximum Gasteiger partial charge on any atom is 0.252 e. The second-order valence-corrected chi connectivity index (χ2v) is 4.11. The molecule has 0 spiro atoms. The zero-order valence-electron chi connectivity index (χ0n) is 10.5. The maximum absolute atomic E-state index is 11.9. The number of amides is 2. The first-order valence-electron chi connectivity index (χ1n) is 5.90. The van der Waals surface area contributed by atoms with E-state index in [9.17, 15) is 9.59 Å². The van der Waals surface area contributed by atoms with Crippen molar-refractivity contribution in [2.24, 2.45) is 0 Å². The Morgan fingerprint density at radius 1 is 1.33 bits per heavy atom. The first-order valence-corrected chi connectivity index (χ1v) is 5.90. The highest BCUT2D eigenvalue weighted by Crippen LogP contribution is 2.20. The van der Waals surface area contributed by atoms with Gasteiger partial charge in [-0.1, -0.05) is 0 Å². The van der Waals surface area contributed by atoms with E-state index in [2.05, 4.69) is 5.32 Å². The Morgan fingerprint density at radius 2 is 2.00 bits per heavy atom. The van der Waals surface area contributed by atoms with Crippen LogP contribution < -0.4 is 10.1 Å². The molecule has 5 nitrogen and oxygen atoms in total. The van der Waals surface area contributed by atoms with E-state index in [0.717, 1.165) is 11.4 Å². The molecule has 0 aromatic heterocycles. The molecule has 0 unspecified atom stereocenters. The van der Waals surface area contributed by atoms with E-state index in [0.29, 0.717) is 6.54 Å². The average Bonchev–Trinajstić information content (AvgIpc) is 2.65. The molecule has 18 heavy (non-hydrogen) atoms. The number of imide groups is 1. The van der Waals surface area contributed by atoms with Crippen LogP contribution in [0.5, 0.6) is 5.75 Å². The summed E-state index contributed by atoms with van der Waals surface area (Å²) in [6.45, 7) is 2.23. The van der Waals surface area contributed by atoms with Crippen LogP contribution in [0.4, 0.5) is 5.69 Å². The Kier molecular flexibility index (Phi) is 3.50. The summed E-state index contributed by atoms with van der Waals surface area (Å²) >= 11 is 0. The number of hydrogen-bond acceptors (Lipinski definition) is 4. The predicted molar refractivity (Wildman–Crippen MR) is 67.4 cm³/mol. The van der Waals surface area contributed by atoms with Gasteiger partial charge in [0.15, 0.2) is 0 Å². The number of nitrogens with zero attached hydrogens (tertiary/aromatic N) is 1. The molecule has 0 saturated carbocycles. The Morgan fingerprint density at radius 3 is 2.50 bits per heavy atom. The molecule has 1 aliphatic rings. The van der Waals surface area contributed by atoms with Crippen molar-refractivity contribution in [3.8, 4) is 5.75 Å². The summed E-state index contributed by atoms with van der Waals surface area (Å²) < 4.78 is 5.05. The molecule has 1 atom stereocenters. The van der Waals surface area contributed by atoms with Gasteiger partial charge in [0, 0.05) is 12.2 Å². The average molecular weight is 248 g/mol. The number of carbonyl (C=O) groups is 2. The number of rotatable bonds is 4. The fourth-order valence-electron chi connectivity index (χ4n) is 2.02. The molecule has 1 aliphatic heterocycles. The SMILES string of the molecule is CCN1C(=O)C[C@@H](Nc2ccc(OC)cc2)C1=O. The van der Waals surface area contributed by atoms with Crippen LogP contribution in [0.25, 0.3) is 0 Å². The van der Waals surface area contributed by atoms with Gasteiger partial charge in [-0.2, -0.15) is 0 Å². The zero-order chi connectivity index (χ0) is 13.1. The van der Waals surface area contributed by atoms with Crippen LogP contribution in [-0.4, -0.2) is 36.4 Å². The lowest BCUT2D eigenvalue weighted by molar-refractivity contribution is -0.138. The van der Waals surface area contributed by atoms with Crippen LogP contribution in [0.1, 0.15) is 13.3 Å². The number of methoxy groups -OCH3 is 1. The van der Waals surface area contributed by atoms with Gasteiger partial charge in [-0.25, -0.2) is 0 Å². The summed E-state index contributed by atoms with van der Waals surface area (Å²) in [5.74, 6) is 0.483. The van der Waals surface area contributed by atoms with Crippen molar-refractivity contribution in [2.75, 3.05) is 19.0 Å². The molecule has 1 heterocycles. The van der Waals surface area contributed by atoms with Crippen molar-refractivity contribution in [3.05, 3.63) is 24.3 Å². The van der Waals surface area contributed by atoms with Crippen LogP contribution in [0.2, 0.25) is 0 Å². The molecule has 0 radical (unpaired) electrons. The minimum absolute atomic E-state index is 0.117. The first-order chi connectivity index (χ1) is 8.65. The van der Waals surface area contributed by atoms with E-state index in [1.807, 2.05) is 12.1 Å². The minimum atomic E-state index is -0.453. The van der Waals surface area contributed by atoms with Crippen molar-refractivity contribution in [1.82, 2.24) is 4.90 Å². The van der Waals surface area contributed by atoms with Crippen molar-refractivity contribution >= 4 is 17.5 Å². The van der Waals surface area contributed by atoms with Gasteiger partial charge < -0.3 is 10.1 Å². The van der Waals surface area contributed by atoms with E-state index in [1.165, 1.54) is 4.90 Å². The molecule has 0 bridgehead atoms. The number of anilines is 1. The third kappa shape index (κ3) is 2.30. The summed E-state index contributed by atoms with van der Waals surface area (Å²) in [7, 11) is 1.60. The Bertz CT molecular complexity index is 456. The molecule has 2 amide bonds. The summed E-state index contributed by atoms with van der Waals surface area (Å²) in [6, 6.07) is 6.81. The number of ether oxygens (including phenoxy) is 1. The number of likely N-dealkylation sites (tertiary alicyclic amines) is 1. The smallest absolute Gasteiger partial charge is 0.252 e. The molecule has 1 aromatic rings. The van der Waals surface area contributed by atoms with Gasteiger partial charge in [0.1, 0.15) is 11.8 Å². The Labute approximate surface area is 106 Å². The second-order valence-electron chi connectivity index (χ2n) is 4.11. The quantitative estimate of drug-likeness (QED) is 0.815. The van der Waals surface area contributed by atoms with Gasteiger partial charge >= 0.3 is 0 Å². The lowest BCUT2D eigenvalue weighted by Gasteiger charge is -2.14. The summed E-state index contributed by atoms with van der Waals surface area (Å²) in [5, 5.41) is 3.07. The third-order valence-electron chi connectivity index (χ3n) is 2.99. The lowest BCUT2D eigenvalue weighted by Crippen LogP contribution is -2.34. The summed E-state index contributed by atoms with van der Waals surface area (Å²) in [5.41, 5.74) is 0.805. The van der Waals surface area contributed by atoms with Crippen molar-refractivity contribution in [2.45, 2.75) is 19.4 Å². The van der Waals surface area contributed by atoms with Gasteiger partial charge in [0.25, 0.3) is 5.91 Å².